The molecule has 2 aromatic rings. The van der Waals surface area contributed by atoms with Crippen molar-refractivity contribution in [2.24, 2.45) is 0 Å². The number of nitriles is 1. The van der Waals surface area contributed by atoms with Gasteiger partial charge in [0.1, 0.15) is 11.8 Å². The van der Waals surface area contributed by atoms with Crippen LogP contribution in [-0.2, 0) is 4.74 Å². The second-order valence-electron chi connectivity index (χ2n) is 6.66. The van der Waals surface area contributed by atoms with Crippen LogP contribution in [0.4, 0.5) is 5.13 Å². The average Bonchev–Trinajstić information content (AvgIpc) is 3.03. The number of morpholine rings is 1. The fourth-order valence-electron chi connectivity index (χ4n) is 3.00. The Hall–Kier alpha value is -2.10. The van der Waals surface area contributed by atoms with Crippen molar-refractivity contribution < 1.29 is 9.47 Å². The Bertz CT molecular complexity index is 771. The van der Waals surface area contributed by atoms with E-state index in [1.54, 1.807) is 11.3 Å². The molecule has 1 fully saturated rings. The molecule has 1 saturated heterocycles. The zero-order chi connectivity index (χ0) is 18.0. The third-order valence-corrected chi connectivity index (χ3v) is 5.04. The predicted octanol–water partition coefficient (Wildman–Crippen LogP) is 4.08. The zero-order valence-corrected chi connectivity index (χ0v) is 15.8. The molecule has 0 N–H and O–H groups in total. The molecule has 25 heavy (non-hydrogen) atoms. The normalized spacial score (nSPS) is 20.6. The number of hydrogen-bond donors (Lipinski definition) is 0. The van der Waals surface area contributed by atoms with Crippen LogP contribution in [0.5, 0.6) is 5.75 Å². The maximum Gasteiger partial charge on any atom is 0.186 e. The van der Waals surface area contributed by atoms with Crippen molar-refractivity contribution in [1.29, 1.82) is 5.26 Å². The highest BCUT2D eigenvalue weighted by molar-refractivity contribution is 7.18. The summed E-state index contributed by atoms with van der Waals surface area (Å²) < 4.78 is 11.6. The Kier molecular flexibility index (Phi) is 5.26. The van der Waals surface area contributed by atoms with Gasteiger partial charge in [-0.3, -0.25) is 0 Å². The van der Waals surface area contributed by atoms with Crippen LogP contribution in [-0.4, -0.2) is 36.4 Å². The summed E-state index contributed by atoms with van der Waals surface area (Å²) >= 11 is 1.66. The number of anilines is 1. The van der Waals surface area contributed by atoms with E-state index in [1.165, 1.54) is 0 Å². The topological polar surface area (TPSA) is 58.4 Å². The van der Waals surface area contributed by atoms with Crippen molar-refractivity contribution in [2.45, 2.75) is 46.0 Å². The number of rotatable bonds is 4. The smallest absolute Gasteiger partial charge is 0.186 e. The van der Waals surface area contributed by atoms with Gasteiger partial charge in [0.15, 0.2) is 5.13 Å². The molecule has 0 saturated carbocycles. The summed E-state index contributed by atoms with van der Waals surface area (Å²) in [6.45, 7) is 9.80. The molecular formula is C19H23N3O2S. The van der Waals surface area contributed by atoms with E-state index in [4.69, 9.17) is 9.47 Å². The number of nitrogens with zero attached hydrogens (tertiary/aromatic N) is 3. The Morgan fingerprint density at radius 2 is 2.04 bits per heavy atom. The fraction of sp³-hybridized carbons (Fsp3) is 0.474. The maximum atomic E-state index is 9.26. The maximum absolute atomic E-state index is 9.26. The highest BCUT2D eigenvalue weighted by atomic mass is 32.1. The second-order valence-corrected chi connectivity index (χ2v) is 7.67. The molecule has 5 nitrogen and oxygen atoms in total. The van der Waals surface area contributed by atoms with E-state index in [2.05, 4.69) is 29.8 Å². The first-order chi connectivity index (χ1) is 12.0. The highest BCUT2D eigenvalue weighted by Gasteiger charge is 2.24. The lowest BCUT2D eigenvalue weighted by atomic mass is 10.1. The van der Waals surface area contributed by atoms with Gasteiger partial charge in [-0.25, -0.2) is 4.98 Å². The standard InChI is InChI=1S/C19H23N3O2S/c1-12(2)23-17-7-15(5-6-16(17)8-20)18-9-21-19(25-18)22-10-13(3)24-14(4)11-22/h5-7,9,12-14H,10-11H2,1-4H3/t13-,14+. The first-order valence-corrected chi connectivity index (χ1v) is 9.35. The minimum atomic E-state index is 0.0238. The molecule has 0 unspecified atom stereocenters. The lowest BCUT2D eigenvalue weighted by Crippen LogP contribution is -2.45. The van der Waals surface area contributed by atoms with Gasteiger partial charge in [0.2, 0.25) is 0 Å². The van der Waals surface area contributed by atoms with Crippen LogP contribution < -0.4 is 9.64 Å². The van der Waals surface area contributed by atoms with Gasteiger partial charge in [0.25, 0.3) is 0 Å². The van der Waals surface area contributed by atoms with E-state index in [0.717, 1.165) is 28.7 Å². The monoisotopic (exact) mass is 357 g/mol. The first kappa shape index (κ1) is 17.7. The average molecular weight is 357 g/mol. The van der Waals surface area contributed by atoms with Crippen molar-refractivity contribution in [2.75, 3.05) is 18.0 Å². The van der Waals surface area contributed by atoms with Gasteiger partial charge in [0.05, 0.1) is 28.8 Å². The van der Waals surface area contributed by atoms with Crippen molar-refractivity contribution in [1.82, 2.24) is 4.98 Å². The summed E-state index contributed by atoms with van der Waals surface area (Å²) in [6.07, 6.45) is 2.33. The molecule has 2 heterocycles. The molecule has 1 aromatic heterocycles. The van der Waals surface area contributed by atoms with E-state index in [0.29, 0.717) is 11.3 Å². The van der Waals surface area contributed by atoms with Gasteiger partial charge in [-0.15, -0.1) is 0 Å². The molecule has 1 aliphatic rings. The van der Waals surface area contributed by atoms with Crippen LogP contribution in [0, 0.1) is 11.3 Å². The van der Waals surface area contributed by atoms with E-state index < -0.39 is 0 Å². The summed E-state index contributed by atoms with van der Waals surface area (Å²) in [4.78, 5) is 7.95. The molecular weight excluding hydrogens is 334 g/mol. The number of thiazole rings is 1. The van der Waals surface area contributed by atoms with Crippen molar-refractivity contribution >= 4 is 16.5 Å². The Morgan fingerprint density at radius 3 is 2.68 bits per heavy atom. The van der Waals surface area contributed by atoms with Crippen molar-refractivity contribution in [3.63, 3.8) is 0 Å². The minimum absolute atomic E-state index is 0.0238. The third-order valence-electron chi connectivity index (χ3n) is 3.93. The van der Waals surface area contributed by atoms with Gasteiger partial charge < -0.3 is 14.4 Å². The molecule has 0 radical (unpaired) electrons. The van der Waals surface area contributed by atoms with Gasteiger partial charge in [-0.1, -0.05) is 17.4 Å². The largest absolute Gasteiger partial charge is 0.490 e. The molecule has 0 aliphatic carbocycles. The SMILES string of the molecule is CC(C)Oc1cc(-c2cnc(N3C[C@@H](C)O[C@@H](C)C3)s2)ccc1C#N. The Morgan fingerprint density at radius 1 is 1.32 bits per heavy atom. The van der Waals surface area contributed by atoms with Crippen LogP contribution in [0.2, 0.25) is 0 Å². The molecule has 1 aromatic carbocycles. The highest BCUT2D eigenvalue weighted by Crippen LogP contribution is 2.35. The Balaban J connectivity index is 1.86. The molecule has 0 amide bonds. The summed E-state index contributed by atoms with van der Waals surface area (Å²) in [7, 11) is 0. The lowest BCUT2D eigenvalue weighted by molar-refractivity contribution is -0.00522. The van der Waals surface area contributed by atoms with Gasteiger partial charge >= 0.3 is 0 Å². The van der Waals surface area contributed by atoms with Gasteiger partial charge in [-0.05, 0) is 45.4 Å². The molecule has 132 valence electrons. The number of hydrogen-bond acceptors (Lipinski definition) is 6. The summed E-state index contributed by atoms with van der Waals surface area (Å²) in [6, 6.07) is 7.88. The van der Waals surface area contributed by atoms with E-state index >= 15 is 0 Å². The summed E-state index contributed by atoms with van der Waals surface area (Å²) in [5, 5.41) is 10.3. The number of aromatic nitrogens is 1. The van der Waals surface area contributed by atoms with Crippen LogP contribution in [0.3, 0.4) is 0 Å². The molecule has 0 bridgehead atoms. The summed E-state index contributed by atoms with van der Waals surface area (Å²) in [5.74, 6) is 0.624. The van der Waals surface area contributed by atoms with Crippen molar-refractivity contribution in [3.05, 3.63) is 30.0 Å². The molecule has 3 rings (SSSR count). The molecule has 2 atom stereocenters. The van der Waals surface area contributed by atoms with Crippen LogP contribution >= 0.6 is 11.3 Å². The van der Waals surface area contributed by atoms with E-state index in [9.17, 15) is 5.26 Å². The van der Waals surface area contributed by atoms with E-state index in [1.807, 2.05) is 38.2 Å². The molecule has 6 heteroatoms. The predicted molar refractivity (Wildman–Crippen MR) is 100 cm³/mol. The quantitative estimate of drug-likeness (QED) is 0.825. The zero-order valence-electron chi connectivity index (χ0n) is 15.0. The van der Waals surface area contributed by atoms with Crippen LogP contribution in [0.1, 0.15) is 33.3 Å². The van der Waals surface area contributed by atoms with E-state index in [-0.39, 0.29) is 18.3 Å². The number of ether oxygens (including phenoxy) is 2. The minimum Gasteiger partial charge on any atom is -0.490 e. The lowest BCUT2D eigenvalue weighted by Gasteiger charge is -2.35. The Labute approximate surface area is 152 Å². The van der Waals surface area contributed by atoms with Gasteiger partial charge in [0, 0.05) is 19.3 Å². The molecule has 0 spiro atoms. The second kappa shape index (κ2) is 7.42. The molecule has 1 aliphatic heterocycles. The van der Waals surface area contributed by atoms with Crippen molar-refractivity contribution in [3.8, 4) is 22.3 Å². The van der Waals surface area contributed by atoms with Crippen LogP contribution in [0.15, 0.2) is 24.4 Å². The summed E-state index contributed by atoms with van der Waals surface area (Å²) in [5.41, 5.74) is 1.57. The van der Waals surface area contributed by atoms with Gasteiger partial charge in [-0.2, -0.15) is 5.26 Å². The number of benzene rings is 1. The third kappa shape index (κ3) is 4.12. The van der Waals surface area contributed by atoms with Crippen LogP contribution in [0.25, 0.3) is 10.4 Å². The fourth-order valence-corrected chi connectivity index (χ4v) is 3.93. The first-order valence-electron chi connectivity index (χ1n) is 8.53.